The van der Waals surface area contributed by atoms with E-state index in [1.165, 1.54) is 11.3 Å². The first-order chi connectivity index (χ1) is 13.9. The summed E-state index contributed by atoms with van der Waals surface area (Å²) in [6.07, 6.45) is 0. The van der Waals surface area contributed by atoms with Crippen molar-refractivity contribution in [1.29, 1.82) is 0 Å². The second-order valence-corrected chi connectivity index (χ2v) is 8.37. The van der Waals surface area contributed by atoms with Crippen LogP contribution < -0.4 is 5.32 Å². The molecule has 3 aromatic rings. The van der Waals surface area contributed by atoms with E-state index in [4.69, 9.17) is 16.3 Å². The molecule has 0 spiro atoms. The van der Waals surface area contributed by atoms with Crippen molar-refractivity contribution in [2.75, 3.05) is 31.6 Å². The summed E-state index contributed by atoms with van der Waals surface area (Å²) in [6.45, 7) is 5.95. The third kappa shape index (κ3) is 3.99. The summed E-state index contributed by atoms with van der Waals surface area (Å²) in [5.41, 5.74) is 2.77. The van der Waals surface area contributed by atoms with Crippen molar-refractivity contribution >= 4 is 50.7 Å². The first-order valence-corrected chi connectivity index (χ1v) is 10.5. The van der Waals surface area contributed by atoms with Gasteiger partial charge in [0.1, 0.15) is 9.71 Å². The molecular weight excluding hydrogens is 410 g/mol. The molecule has 0 aliphatic carbocycles. The summed E-state index contributed by atoms with van der Waals surface area (Å²) in [5, 5.41) is 4.23. The number of fused-ring (bicyclic) bond motifs is 1. The van der Waals surface area contributed by atoms with Gasteiger partial charge in [-0.1, -0.05) is 17.7 Å². The van der Waals surface area contributed by atoms with Gasteiger partial charge in [0.05, 0.1) is 18.9 Å². The number of pyridine rings is 1. The quantitative estimate of drug-likeness (QED) is 0.674. The monoisotopic (exact) mass is 429 g/mol. The predicted octanol–water partition coefficient (Wildman–Crippen LogP) is 4.29. The number of aryl methyl sites for hydroxylation is 2. The van der Waals surface area contributed by atoms with Crippen LogP contribution in [0.1, 0.15) is 31.3 Å². The largest absolute Gasteiger partial charge is 0.378 e. The third-order valence-corrected chi connectivity index (χ3v) is 6.11. The Labute approximate surface area is 177 Å². The number of anilines is 1. The molecule has 0 radical (unpaired) electrons. The van der Waals surface area contributed by atoms with Crippen molar-refractivity contribution in [2.24, 2.45) is 0 Å². The lowest BCUT2D eigenvalue weighted by Gasteiger charge is -2.26. The molecule has 8 heteroatoms. The van der Waals surface area contributed by atoms with Gasteiger partial charge in [0, 0.05) is 34.8 Å². The average Bonchev–Trinajstić information content (AvgIpc) is 3.06. The van der Waals surface area contributed by atoms with Crippen molar-refractivity contribution in [3.8, 4) is 0 Å². The summed E-state index contributed by atoms with van der Waals surface area (Å²) in [7, 11) is 0. The lowest BCUT2D eigenvalue weighted by molar-refractivity contribution is 0.0307. The Balaban J connectivity index is 1.79. The van der Waals surface area contributed by atoms with Crippen molar-refractivity contribution in [1.82, 2.24) is 9.88 Å². The number of amides is 2. The zero-order chi connectivity index (χ0) is 20.5. The zero-order valence-corrected chi connectivity index (χ0v) is 17.7. The van der Waals surface area contributed by atoms with Crippen LogP contribution in [0, 0.1) is 13.8 Å². The maximum absolute atomic E-state index is 13.2. The van der Waals surface area contributed by atoms with E-state index >= 15 is 0 Å². The van der Waals surface area contributed by atoms with Crippen LogP contribution in [0.25, 0.3) is 10.2 Å². The average molecular weight is 430 g/mol. The van der Waals surface area contributed by atoms with Crippen LogP contribution >= 0.6 is 22.9 Å². The van der Waals surface area contributed by atoms with Gasteiger partial charge in [0.2, 0.25) is 0 Å². The van der Waals surface area contributed by atoms with E-state index in [-0.39, 0.29) is 11.8 Å². The van der Waals surface area contributed by atoms with Crippen molar-refractivity contribution in [3.63, 3.8) is 0 Å². The smallest absolute Gasteiger partial charge is 0.266 e. The topological polar surface area (TPSA) is 71.5 Å². The van der Waals surface area contributed by atoms with Crippen LogP contribution in [0.2, 0.25) is 5.02 Å². The molecule has 1 N–H and O–H groups in total. The molecule has 1 aliphatic heterocycles. The van der Waals surface area contributed by atoms with Crippen LogP contribution in [0.15, 0.2) is 30.3 Å². The summed E-state index contributed by atoms with van der Waals surface area (Å²) in [4.78, 5) is 33.7. The Hall–Kier alpha value is -2.48. The van der Waals surface area contributed by atoms with E-state index in [2.05, 4.69) is 10.3 Å². The molecular formula is C21H20ClN3O3S. The maximum Gasteiger partial charge on any atom is 0.266 e. The number of carbonyl (C=O) groups excluding carboxylic acids is 2. The van der Waals surface area contributed by atoms with Gasteiger partial charge in [0.25, 0.3) is 11.8 Å². The van der Waals surface area contributed by atoms with E-state index in [0.717, 1.165) is 21.5 Å². The molecule has 3 heterocycles. The van der Waals surface area contributed by atoms with E-state index < -0.39 is 0 Å². The lowest BCUT2D eigenvalue weighted by atomic mass is 10.1. The number of rotatable bonds is 3. The van der Waals surface area contributed by atoms with Crippen molar-refractivity contribution < 1.29 is 14.3 Å². The van der Waals surface area contributed by atoms with Gasteiger partial charge < -0.3 is 15.0 Å². The molecule has 2 aromatic heterocycles. The van der Waals surface area contributed by atoms with Crippen LogP contribution in [0.5, 0.6) is 0 Å². The maximum atomic E-state index is 13.2. The first kappa shape index (κ1) is 19.8. The minimum Gasteiger partial charge on any atom is -0.378 e. The van der Waals surface area contributed by atoms with Gasteiger partial charge in [-0.05, 0) is 43.7 Å². The van der Waals surface area contributed by atoms with Gasteiger partial charge in [0.15, 0.2) is 0 Å². The summed E-state index contributed by atoms with van der Waals surface area (Å²) >= 11 is 7.34. The number of nitrogens with one attached hydrogen (secondary N) is 1. The van der Waals surface area contributed by atoms with Crippen LogP contribution in [0.4, 0.5) is 5.69 Å². The number of carbonyl (C=O) groups is 2. The highest BCUT2D eigenvalue weighted by Crippen LogP contribution is 2.38. The van der Waals surface area contributed by atoms with Crippen molar-refractivity contribution in [3.05, 3.63) is 57.1 Å². The van der Waals surface area contributed by atoms with E-state index in [9.17, 15) is 9.59 Å². The number of hydrogen-bond acceptors (Lipinski definition) is 5. The van der Waals surface area contributed by atoms with Gasteiger partial charge >= 0.3 is 0 Å². The van der Waals surface area contributed by atoms with Gasteiger partial charge in [-0.15, -0.1) is 11.3 Å². The number of halogens is 1. The molecule has 1 fully saturated rings. The second kappa shape index (κ2) is 8.10. The standard InChI is InChI=1S/C21H20ClN3O3S/c1-12-10-13(2)23-20-16(12)17(24-19(26)14-4-3-5-15(22)11-14)18(29-20)21(27)25-6-8-28-9-7-25/h3-5,10-11H,6-9H2,1-2H3,(H,24,26). The molecule has 1 aliphatic rings. The molecule has 0 saturated carbocycles. The van der Waals surface area contributed by atoms with E-state index in [1.807, 2.05) is 19.9 Å². The SMILES string of the molecule is Cc1cc(C)c2c(NC(=O)c3cccc(Cl)c3)c(C(=O)N3CCOCC3)sc2n1. The minimum absolute atomic E-state index is 0.116. The third-order valence-electron chi connectivity index (χ3n) is 4.81. The molecule has 2 amide bonds. The highest BCUT2D eigenvalue weighted by Gasteiger charge is 2.27. The normalized spacial score (nSPS) is 14.2. The van der Waals surface area contributed by atoms with Crippen LogP contribution in [-0.2, 0) is 4.74 Å². The number of morpholine rings is 1. The Morgan fingerprint density at radius 2 is 1.97 bits per heavy atom. The highest BCUT2D eigenvalue weighted by atomic mass is 35.5. The fourth-order valence-corrected chi connectivity index (χ4v) is 4.85. The Morgan fingerprint density at radius 1 is 1.21 bits per heavy atom. The second-order valence-electron chi connectivity index (χ2n) is 6.94. The number of benzene rings is 1. The molecule has 1 saturated heterocycles. The number of hydrogen-bond donors (Lipinski definition) is 1. The molecule has 0 unspecified atom stereocenters. The fraction of sp³-hybridized carbons (Fsp3) is 0.286. The minimum atomic E-state index is -0.316. The number of thiophene rings is 1. The predicted molar refractivity (Wildman–Crippen MR) is 115 cm³/mol. The van der Waals surface area contributed by atoms with Gasteiger partial charge in [-0.25, -0.2) is 4.98 Å². The van der Waals surface area contributed by atoms with Gasteiger partial charge in [-0.3, -0.25) is 9.59 Å². The lowest BCUT2D eigenvalue weighted by Crippen LogP contribution is -2.40. The summed E-state index contributed by atoms with van der Waals surface area (Å²) in [6, 6.07) is 8.67. The summed E-state index contributed by atoms with van der Waals surface area (Å²) in [5.74, 6) is -0.432. The van der Waals surface area contributed by atoms with E-state index in [1.54, 1.807) is 29.2 Å². The Bertz CT molecular complexity index is 1110. The highest BCUT2D eigenvalue weighted by molar-refractivity contribution is 7.21. The van der Waals surface area contributed by atoms with Crippen LogP contribution in [0.3, 0.4) is 0 Å². The molecule has 6 nitrogen and oxygen atoms in total. The molecule has 4 rings (SSSR count). The van der Waals surface area contributed by atoms with Gasteiger partial charge in [-0.2, -0.15) is 0 Å². The van der Waals surface area contributed by atoms with Crippen molar-refractivity contribution in [2.45, 2.75) is 13.8 Å². The Morgan fingerprint density at radius 3 is 2.69 bits per heavy atom. The summed E-state index contributed by atoms with van der Waals surface area (Å²) < 4.78 is 5.36. The molecule has 29 heavy (non-hydrogen) atoms. The molecule has 1 aromatic carbocycles. The van der Waals surface area contributed by atoms with Crippen LogP contribution in [-0.4, -0.2) is 48.0 Å². The molecule has 0 bridgehead atoms. The zero-order valence-electron chi connectivity index (χ0n) is 16.1. The molecule has 150 valence electrons. The fourth-order valence-electron chi connectivity index (χ4n) is 3.44. The number of nitrogens with zero attached hydrogens (tertiary/aromatic N) is 2. The number of ether oxygens (including phenoxy) is 1. The van der Waals surface area contributed by atoms with E-state index in [0.29, 0.717) is 47.5 Å². The number of aromatic nitrogens is 1. The first-order valence-electron chi connectivity index (χ1n) is 9.28. The molecule has 0 atom stereocenters. The Kier molecular flexibility index (Phi) is 5.54.